The molecule has 10 nitrogen and oxygen atoms in total. The van der Waals surface area contributed by atoms with Gasteiger partial charge >= 0.3 is 5.69 Å². The van der Waals surface area contributed by atoms with E-state index in [0.717, 1.165) is 59.0 Å². The number of amides is 1. The quantitative estimate of drug-likeness (QED) is 0.350. The zero-order chi connectivity index (χ0) is 29.3. The summed E-state index contributed by atoms with van der Waals surface area (Å²) in [6.45, 7) is 13.9. The van der Waals surface area contributed by atoms with E-state index in [-0.39, 0.29) is 29.7 Å². The number of nitrogens with one attached hydrogen (secondary N) is 1. The van der Waals surface area contributed by atoms with E-state index in [1.165, 1.54) is 6.08 Å². The molecule has 0 saturated carbocycles. The summed E-state index contributed by atoms with van der Waals surface area (Å²) in [5.41, 5.74) is 4.02. The van der Waals surface area contributed by atoms with Crippen LogP contribution in [0.25, 0.3) is 32.9 Å². The Hall–Kier alpha value is -3.89. The first kappa shape index (κ1) is 27.0. The number of aromatic amines is 1. The maximum atomic E-state index is 14.0. The molecule has 7 rings (SSSR count). The number of H-pyrrole nitrogens is 1. The van der Waals surface area contributed by atoms with Gasteiger partial charge in [0.25, 0.3) is 0 Å². The van der Waals surface area contributed by atoms with Gasteiger partial charge in [0.2, 0.25) is 5.91 Å². The second-order valence-electron chi connectivity index (χ2n) is 11.8. The number of anilines is 1. The minimum absolute atomic E-state index is 0.0828. The Kier molecular flexibility index (Phi) is 6.51. The Morgan fingerprint density at radius 1 is 1.19 bits per heavy atom. The van der Waals surface area contributed by atoms with Crippen LogP contribution in [-0.4, -0.2) is 86.9 Å². The van der Waals surface area contributed by atoms with Gasteiger partial charge in [-0.3, -0.25) is 14.5 Å². The molecule has 2 saturated heterocycles. The molecule has 3 aliphatic heterocycles. The van der Waals surface area contributed by atoms with Crippen molar-refractivity contribution in [2.45, 2.75) is 45.3 Å². The Labute approximate surface area is 248 Å². The summed E-state index contributed by atoms with van der Waals surface area (Å²) in [6, 6.07) is 5.62. The van der Waals surface area contributed by atoms with Gasteiger partial charge in [-0.2, -0.15) is 10.1 Å². The number of ether oxygens (including phenoxy) is 1. The Balaban J connectivity index is 1.47. The van der Waals surface area contributed by atoms with Crippen LogP contribution in [0.4, 0.5) is 5.82 Å². The van der Waals surface area contributed by atoms with Crippen LogP contribution in [0.3, 0.4) is 0 Å². The number of aryl methyl sites for hydroxylation is 1. The van der Waals surface area contributed by atoms with Crippen molar-refractivity contribution >= 4 is 45.1 Å². The Bertz CT molecular complexity index is 1810. The summed E-state index contributed by atoms with van der Waals surface area (Å²) in [7, 11) is 0. The summed E-state index contributed by atoms with van der Waals surface area (Å²) in [5.74, 6) is 1.06. The number of hydrogen-bond acceptors (Lipinski definition) is 7. The summed E-state index contributed by atoms with van der Waals surface area (Å²) in [5, 5.41) is 9.56. The summed E-state index contributed by atoms with van der Waals surface area (Å²) < 4.78 is 8.45. The Morgan fingerprint density at radius 3 is 2.74 bits per heavy atom. The van der Waals surface area contributed by atoms with E-state index in [4.69, 9.17) is 21.3 Å². The molecule has 218 valence electrons. The van der Waals surface area contributed by atoms with E-state index in [0.29, 0.717) is 41.8 Å². The molecule has 0 spiro atoms. The maximum absolute atomic E-state index is 14.0. The molecule has 4 aromatic rings. The van der Waals surface area contributed by atoms with Crippen molar-refractivity contribution in [1.82, 2.24) is 29.5 Å². The zero-order valence-electron chi connectivity index (χ0n) is 24.1. The molecule has 2 aromatic heterocycles. The van der Waals surface area contributed by atoms with Gasteiger partial charge in [-0.05, 0) is 64.1 Å². The molecule has 3 atom stereocenters. The van der Waals surface area contributed by atoms with Gasteiger partial charge in [0.1, 0.15) is 12.4 Å². The number of halogens is 1. The van der Waals surface area contributed by atoms with Crippen LogP contribution in [0.15, 0.2) is 41.8 Å². The molecule has 0 bridgehead atoms. The van der Waals surface area contributed by atoms with E-state index >= 15 is 0 Å². The number of nitrogens with zero attached hydrogens (tertiary/aromatic N) is 6. The van der Waals surface area contributed by atoms with Gasteiger partial charge < -0.3 is 19.4 Å². The van der Waals surface area contributed by atoms with Crippen molar-refractivity contribution in [3.05, 3.63) is 58.1 Å². The minimum atomic E-state index is -0.302. The number of likely N-dealkylation sites (tertiary alicyclic amines) is 1. The number of benzene rings is 2. The molecule has 1 unspecified atom stereocenters. The van der Waals surface area contributed by atoms with Gasteiger partial charge in [-0.1, -0.05) is 24.2 Å². The van der Waals surface area contributed by atoms with Crippen molar-refractivity contribution in [2.24, 2.45) is 0 Å². The largest absolute Gasteiger partial charge is 0.488 e. The predicted octanol–water partition coefficient (Wildman–Crippen LogP) is 4.15. The van der Waals surface area contributed by atoms with Crippen LogP contribution in [0.2, 0.25) is 5.02 Å². The third-order valence-electron chi connectivity index (χ3n) is 9.10. The highest BCUT2D eigenvalue weighted by atomic mass is 35.5. The summed E-state index contributed by atoms with van der Waals surface area (Å²) in [4.78, 5) is 37.5. The number of hydrogen-bond donors (Lipinski definition) is 1. The number of rotatable bonds is 5. The molecule has 0 aliphatic carbocycles. The van der Waals surface area contributed by atoms with E-state index in [1.54, 1.807) is 6.20 Å². The number of aromatic nitrogens is 4. The maximum Gasteiger partial charge on any atom is 0.350 e. The SMILES string of the molecule is C=CC(=O)N1C[C@H](C)N(c2nc(=O)n3c4c(c(-c5c(C)ccc6[nH]ncc56)c(Cl)cc24)OCC3CN2CCC2)C[C@H]1C. The topological polar surface area (TPSA) is 99.6 Å². The lowest BCUT2D eigenvalue weighted by molar-refractivity contribution is -0.128. The molecule has 1 N–H and O–H groups in total. The van der Waals surface area contributed by atoms with Crippen LogP contribution < -0.4 is 15.3 Å². The molecule has 11 heteroatoms. The molecule has 0 radical (unpaired) electrons. The molecule has 3 aliphatic rings. The van der Waals surface area contributed by atoms with E-state index in [9.17, 15) is 9.59 Å². The lowest BCUT2D eigenvalue weighted by Gasteiger charge is -2.45. The first-order valence-electron chi connectivity index (χ1n) is 14.5. The molecule has 2 fully saturated rings. The Morgan fingerprint density at radius 2 is 2.00 bits per heavy atom. The molecule has 1 amide bonds. The fraction of sp³-hybridized carbons (Fsp3) is 0.419. The first-order chi connectivity index (χ1) is 20.3. The third-order valence-corrected chi connectivity index (χ3v) is 9.40. The average Bonchev–Trinajstić information content (AvgIpc) is 3.43. The highest BCUT2D eigenvalue weighted by Gasteiger charge is 2.37. The molecule has 5 heterocycles. The third kappa shape index (κ3) is 4.11. The fourth-order valence-electron chi connectivity index (χ4n) is 6.81. The molecule has 2 aromatic carbocycles. The average molecular weight is 588 g/mol. The smallest absolute Gasteiger partial charge is 0.350 e. The minimum Gasteiger partial charge on any atom is -0.488 e. The van der Waals surface area contributed by atoms with Gasteiger partial charge in [0, 0.05) is 53.6 Å². The van der Waals surface area contributed by atoms with Crippen LogP contribution in [0.1, 0.15) is 31.9 Å². The van der Waals surface area contributed by atoms with Crippen LogP contribution >= 0.6 is 11.6 Å². The van der Waals surface area contributed by atoms with Crippen LogP contribution in [-0.2, 0) is 4.79 Å². The van der Waals surface area contributed by atoms with Gasteiger partial charge in [0.05, 0.1) is 28.3 Å². The van der Waals surface area contributed by atoms with Crippen molar-refractivity contribution in [1.29, 1.82) is 0 Å². The first-order valence-corrected chi connectivity index (χ1v) is 14.9. The zero-order valence-corrected chi connectivity index (χ0v) is 24.8. The van der Waals surface area contributed by atoms with E-state index < -0.39 is 0 Å². The van der Waals surface area contributed by atoms with Crippen molar-refractivity contribution < 1.29 is 9.53 Å². The number of fused-ring (bicyclic) bond motifs is 1. The summed E-state index contributed by atoms with van der Waals surface area (Å²) >= 11 is 7.17. The highest BCUT2D eigenvalue weighted by molar-refractivity contribution is 6.35. The second kappa shape index (κ2) is 10.1. The number of carbonyl (C=O) groups is 1. The lowest BCUT2D eigenvalue weighted by Crippen LogP contribution is -2.58. The predicted molar refractivity (Wildman–Crippen MR) is 165 cm³/mol. The normalized spacial score (nSPS) is 22.3. The number of piperazine rings is 1. The van der Waals surface area contributed by atoms with Crippen molar-refractivity contribution in [2.75, 3.05) is 44.2 Å². The molecular weight excluding hydrogens is 554 g/mol. The van der Waals surface area contributed by atoms with Crippen molar-refractivity contribution in [3.8, 4) is 16.9 Å². The molecule has 42 heavy (non-hydrogen) atoms. The van der Waals surface area contributed by atoms with Crippen molar-refractivity contribution in [3.63, 3.8) is 0 Å². The highest BCUT2D eigenvalue weighted by Crippen LogP contribution is 2.49. The van der Waals surface area contributed by atoms with Gasteiger partial charge in [0.15, 0.2) is 5.75 Å². The van der Waals surface area contributed by atoms with Gasteiger partial charge in [-0.15, -0.1) is 0 Å². The summed E-state index contributed by atoms with van der Waals surface area (Å²) in [6.07, 6.45) is 4.32. The fourth-order valence-corrected chi connectivity index (χ4v) is 7.10. The molecular formula is C31H34ClN7O3. The van der Waals surface area contributed by atoms with Crippen LogP contribution in [0, 0.1) is 6.92 Å². The van der Waals surface area contributed by atoms with Crippen LogP contribution in [0.5, 0.6) is 5.75 Å². The van der Waals surface area contributed by atoms with Gasteiger partial charge in [-0.25, -0.2) is 4.79 Å². The standard InChI is InChI=1S/C31H34ClN7O3/c1-5-25(40)37-13-19(4)38(14-18(37)3)30-21-11-23(32)27(26-17(2)7-8-24-22(26)12-33-35-24)29-28(21)39(31(41)34-30)20(16-42-29)15-36-9-6-10-36/h5,7-8,11-12,18-20H,1,6,9-10,13-16H2,2-4H3,(H,33,35)/t18-,19+,20?/m1/s1. The number of carbonyl (C=O) groups excluding carboxylic acids is 1. The lowest BCUT2D eigenvalue weighted by atomic mass is 9.94. The second-order valence-corrected chi connectivity index (χ2v) is 12.2. The monoisotopic (exact) mass is 587 g/mol. The van der Waals surface area contributed by atoms with E-state index in [2.05, 4.69) is 26.6 Å². The van der Waals surface area contributed by atoms with E-state index in [1.807, 2.05) is 48.4 Å².